The molecular formula is C20H25FN4O4. The molecule has 8 nitrogen and oxygen atoms in total. The summed E-state index contributed by atoms with van der Waals surface area (Å²) in [6, 6.07) is 4.80. The molecule has 4 aliphatic rings. The molecule has 1 N–H and O–H groups in total. The van der Waals surface area contributed by atoms with Crippen LogP contribution in [-0.2, 0) is 14.4 Å². The van der Waals surface area contributed by atoms with Gasteiger partial charge in [-0.1, -0.05) is 12.1 Å². The first kappa shape index (κ1) is 19.5. The number of anilines is 2. The van der Waals surface area contributed by atoms with E-state index in [1.165, 1.54) is 17.9 Å². The molecule has 3 atom stereocenters. The lowest BCUT2D eigenvalue weighted by Gasteiger charge is -2.55. The van der Waals surface area contributed by atoms with Gasteiger partial charge in [0.05, 0.1) is 30.2 Å². The van der Waals surface area contributed by atoms with Crippen LogP contribution in [0.15, 0.2) is 23.4 Å². The van der Waals surface area contributed by atoms with Crippen LogP contribution >= 0.6 is 0 Å². The number of ether oxygens (including phenoxy) is 1. The summed E-state index contributed by atoms with van der Waals surface area (Å²) < 4.78 is 20.2. The predicted molar refractivity (Wildman–Crippen MR) is 106 cm³/mol. The second-order valence-corrected chi connectivity index (χ2v) is 8.19. The number of rotatable bonds is 5. The fourth-order valence-electron chi connectivity index (χ4n) is 4.64. The highest BCUT2D eigenvalue weighted by Crippen LogP contribution is 2.49. The molecule has 3 heterocycles. The summed E-state index contributed by atoms with van der Waals surface area (Å²) in [7, 11) is 1.55. The fourth-order valence-corrected chi connectivity index (χ4v) is 4.64. The van der Waals surface area contributed by atoms with E-state index in [4.69, 9.17) is 9.57 Å². The van der Waals surface area contributed by atoms with E-state index in [-0.39, 0.29) is 36.1 Å². The van der Waals surface area contributed by atoms with Gasteiger partial charge in [0.15, 0.2) is 0 Å². The summed E-state index contributed by atoms with van der Waals surface area (Å²) in [6.07, 6.45) is 0.0298. The molecule has 1 aromatic carbocycles. The van der Waals surface area contributed by atoms with Crippen LogP contribution in [0.2, 0.25) is 0 Å². The summed E-state index contributed by atoms with van der Waals surface area (Å²) >= 11 is 0. The lowest BCUT2D eigenvalue weighted by Crippen LogP contribution is -2.62. The number of hydrogen-bond donors (Lipinski definition) is 1. The van der Waals surface area contributed by atoms with Crippen molar-refractivity contribution >= 4 is 29.1 Å². The number of benzene rings is 1. The minimum Gasteiger partial charge on any atom is -0.442 e. The summed E-state index contributed by atoms with van der Waals surface area (Å²) in [5.74, 6) is -0.298. The predicted octanol–water partition coefficient (Wildman–Crippen LogP) is 2.14. The van der Waals surface area contributed by atoms with Gasteiger partial charge in [-0.3, -0.25) is 9.69 Å². The average molecular weight is 404 g/mol. The molecule has 2 amide bonds. The number of oxime groups is 1. The SMILES string of the molecule is CO/N=C1\C2CN(c3ccc(N4C[C@H](CNC(C)=O)OC4=O)cc3F)CC1(C)C2. The molecule has 2 unspecified atom stereocenters. The van der Waals surface area contributed by atoms with Gasteiger partial charge in [0.2, 0.25) is 5.91 Å². The zero-order valence-electron chi connectivity index (χ0n) is 16.8. The molecule has 1 aromatic rings. The van der Waals surface area contributed by atoms with Crippen LogP contribution in [0.1, 0.15) is 20.3 Å². The maximum absolute atomic E-state index is 14.9. The van der Waals surface area contributed by atoms with Gasteiger partial charge in [-0.2, -0.15) is 0 Å². The third-order valence-electron chi connectivity index (χ3n) is 5.91. The number of nitrogens with one attached hydrogen (secondary N) is 1. The molecule has 5 rings (SSSR count). The first-order valence-electron chi connectivity index (χ1n) is 9.69. The number of carbonyl (C=O) groups excluding carboxylic acids is 2. The lowest BCUT2D eigenvalue weighted by atomic mass is 9.58. The second-order valence-electron chi connectivity index (χ2n) is 8.19. The van der Waals surface area contributed by atoms with Crippen LogP contribution in [0.25, 0.3) is 0 Å². The van der Waals surface area contributed by atoms with Gasteiger partial charge in [-0.25, -0.2) is 9.18 Å². The standard InChI is InChI=1S/C20H25FN4O4/c1-12(26)22-8-15-10-25(19(27)29-15)14-4-5-17(16(21)6-14)24-9-13-7-20(2,11-24)18(13)23-28-3/h4-6,13,15H,7-11H2,1-3H3,(H,22,26)/b23-18+/t13?,15-,20?/m0/s1. The smallest absolute Gasteiger partial charge is 0.414 e. The van der Waals surface area contributed by atoms with Crippen LogP contribution < -0.4 is 15.1 Å². The normalized spacial score (nSPS) is 29.5. The molecule has 3 aliphatic heterocycles. The van der Waals surface area contributed by atoms with Crippen LogP contribution in [-0.4, -0.2) is 57.1 Å². The lowest BCUT2D eigenvalue weighted by molar-refractivity contribution is -0.119. The van der Waals surface area contributed by atoms with Crippen molar-refractivity contribution in [3.63, 3.8) is 0 Å². The average Bonchev–Trinajstić information content (AvgIpc) is 3.04. The molecule has 29 heavy (non-hydrogen) atoms. The monoisotopic (exact) mass is 404 g/mol. The molecule has 3 saturated heterocycles. The fraction of sp³-hybridized carbons (Fsp3) is 0.550. The van der Waals surface area contributed by atoms with Gasteiger partial charge < -0.3 is 19.8 Å². The molecule has 4 fully saturated rings. The molecule has 1 saturated carbocycles. The van der Waals surface area contributed by atoms with Gasteiger partial charge in [0.1, 0.15) is 19.0 Å². The summed E-state index contributed by atoms with van der Waals surface area (Å²) in [5.41, 5.74) is 1.91. The summed E-state index contributed by atoms with van der Waals surface area (Å²) in [4.78, 5) is 31.6. The third kappa shape index (κ3) is 3.49. The van der Waals surface area contributed by atoms with Crippen molar-refractivity contribution in [3.05, 3.63) is 24.0 Å². The number of cyclic esters (lactones) is 1. The third-order valence-corrected chi connectivity index (χ3v) is 5.91. The molecule has 1 aliphatic carbocycles. The Balaban J connectivity index is 1.46. The van der Waals surface area contributed by atoms with E-state index >= 15 is 0 Å². The van der Waals surface area contributed by atoms with Crippen molar-refractivity contribution in [2.24, 2.45) is 16.5 Å². The number of hydrogen-bond acceptors (Lipinski definition) is 6. The highest BCUT2D eigenvalue weighted by molar-refractivity contribution is 5.99. The van der Waals surface area contributed by atoms with Crippen molar-refractivity contribution in [2.45, 2.75) is 26.4 Å². The quantitative estimate of drug-likeness (QED) is 0.761. The Bertz CT molecular complexity index is 876. The number of nitrogens with zero attached hydrogens (tertiary/aromatic N) is 3. The number of fused-ring (bicyclic) bond motifs is 2. The Kier molecular flexibility index (Phi) is 4.84. The Hall–Kier alpha value is -2.84. The number of amides is 2. The van der Waals surface area contributed by atoms with Crippen LogP contribution in [0.3, 0.4) is 0 Å². The van der Waals surface area contributed by atoms with E-state index < -0.39 is 12.2 Å². The summed E-state index contributed by atoms with van der Waals surface area (Å²) in [5, 5.41) is 6.78. The van der Waals surface area contributed by atoms with E-state index in [1.807, 2.05) is 4.90 Å². The highest BCUT2D eigenvalue weighted by atomic mass is 19.1. The molecule has 2 bridgehead atoms. The zero-order valence-corrected chi connectivity index (χ0v) is 16.8. The van der Waals surface area contributed by atoms with Crippen molar-refractivity contribution in [1.82, 2.24) is 5.32 Å². The van der Waals surface area contributed by atoms with E-state index in [0.29, 0.717) is 24.5 Å². The van der Waals surface area contributed by atoms with Crippen LogP contribution in [0.5, 0.6) is 0 Å². The van der Waals surface area contributed by atoms with Gasteiger partial charge in [0.25, 0.3) is 0 Å². The Morgan fingerprint density at radius 3 is 2.90 bits per heavy atom. The molecule has 156 valence electrons. The first-order chi connectivity index (χ1) is 13.8. The molecular weight excluding hydrogens is 379 g/mol. The Labute approximate surface area is 168 Å². The molecule has 0 aromatic heterocycles. The largest absolute Gasteiger partial charge is 0.442 e. The van der Waals surface area contributed by atoms with Crippen LogP contribution in [0.4, 0.5) is 20.6 Å². The van der Waals surface area contributed by atoms with Gasteiger partial charge >= 0.3 is 6.09 Å². The first-order valence-corrected chi connectivity index (χ1v) is 9.69. The van der Waals surface area contributed by atoms with Crippen molar-refractivity contribution in [3.8, 4) is 0 Å². The number of halogens is 1. The zero-order chi connectivity index (χ0) is 20.8. The van der Waals surface area contributed by atoms with Crippen molar-refractivity contribution in [2.75, 3.05) is 43.1 Å². The number of carbonyl (C=O) groups is 2. The second kappa shape index (κ2) is 7.20. The van der Waals surface area contributed by atoms with E-state index in [2.05, 4.69) is 17.4 Å². The Morgan fingerprint density at radius 2 is 2.24 bits per heavy atom. The van der Waals surface area contributed by atoms with Gasteiger partial charge in [-0.15, -0.1) is 0 Å². The van der Waals surface area contributed by atoms with E-state index in [1.54, 1.807) is 19.2 Å². The maximum Gasteiger partial charge on any atom is 0.414 e. The Morgan fingerprint density at radius 1 is 1.45 bits per heavy atom. The number of piperidine rings is 2. The van der Waals surface area contributed by atoms with E-state index in [9.17, 15) is 14.0 Å². The summed E-state index contributed by atoms with van der Waals surface area (Å²) in [6.45, 7) is 5.38. The minimum absolute atomic E-state index is 0.0975. The molecule has 0 radical (unpaired) electrons. The van der Waals surface area contributed by atoms with Crippen molar-refractivity contribution < 1.29 is 23.6 Å². The van der Waals surface area contributed by atoms with Gasteiger partial charge in [-0.05, 0) is 24.6 Å². The minimum atomic E-state index is -0.542. The van der Waals surface area contributed by atoms with Crippen molar-refractivity contribution in [1.29, 1.82) is 0 Å². The molecule has 9 heteroatoms. The maximum atomic E-state index is 14.9. The van der Waals surface area contributed by atoms with E-state index in [0.717, 1.165) is 12.1 Å². The topological polar surface area (TPSA) is 83.5 Å². The van der Waals surface area contributed by atoms with Gasteiger partial charge in [0, 0.05) is 31.3 Å². The van der Waals surface area contributed by atoms with Crippen LogP contribution in [0, 0.1) is 17.2 Å². The molecule has 0 spiro atoms. The highest BCUT2D eigenvalue weighted by Gasteiger charge is 2.53.